The third-order valence-electron chi connectivity index (χ3n) is 7.35. The van der Waals surface area contributed by atoms with E-state index in [2.05, 4.69) is 20.2 Å². The van der Waals surface area contributed by atoms with Gasteiger partial charge in [-0.05, 0) is 54.8 Å². The molecule has 3 aromatic heterocycles. The quantitative estimate of drug-likeness (QED) is 0.177. The Labute approximate surface area is 245 Å². The zero-order chi connectivity index (χ0) is 30.3. The molecule has 0 aliphatic heterocycles. The van der Waals surface area contributed by atoms with Crippen LogP contribution in [0.25, 0.3) is 22.3 Å². The summed E-state index contributed by atoms with van der Waals surface area (Å²) in [7, 11) is 1.47. The molecule has 0 saturated heterocycles. The van der Waals surface area contributed by atoms with E-state index in [4.69, 9.17) is 9.47 Å². The number of rotatable bonds is 11. The lowest BCUT2D eigenvalue weighted by Gasteiger charge is -2.18. The maximum absolute atomic E-state index is 15.5. The lowest BCUT2D eigenvalue weighted by Crippen LogP contribution is -2.21. The molecule has 14 heteroatoms. The SMILES string of the molecule is COc1nnc(COc2cccc(-c3cc(F)c(Cc4nc5ccc(C(=O)O)cc5n4CC4(C(F)F)CC4)cc3F)n2)s1. The maximum atomic E-state index is 15.5. The van der Waals surface area contributed by atoms with Crippen LogP contribution in [0.5, 0.6) is 11.1 Å². The van der Waals surface area contributed by atoms with Crippen molar-refractivity contribution in [3.63, 3.8) is 0 Å². The van der Waals surface area contributed by atoms with Gasteiger partial charge in [0.2, 0.25) is 12.3 Å². The topological polar surface area (TPSA) is 112 Å². The molecule has 5 aromatic rings. The molecule has 0 radical (unpaired) electrons. The van der Waals surface area contributed by atoms with Crippen LogP contribution < -0.4 is 9.47 Å². The summed E-state index contributed by atoms with van der Waals surface area (Å²) < 4.78 is 70.7. The minimum absolute atomic E-state index is 0.0366. The number of imidazole rings is 1. The molecule has 0 unspecified atom stereocenters. The van der Waals surface area contributed by atoms with Crippen molar-refractivity contribution >= 4 is 28.3 Å². The van der Waals surface area contributed by atoms with Crippen LogP contribution in [0, 0.1) is 17.0 Å². The maximum Gasteiger partial charge on any atom is 0.335 e. The highest BCUT2D eigenvalue weighted by molar-refractivity contribution is 7.13. The van der Waals surface area contributed by atoms with Crippen LogP contribution in [-0.2, 0) is 19.6 Å². The summed E-state index contributed by atoms with van der Waals surface area (Å²) in [6.07, 6.45) is -2.21. The van der Waals surface area contributed by atoms with Gasteiger partial charge in [-0.2, -0.15) is 0 Å². The Morgan fingerprint density at radius 2 is 1.91 bits per heavy atom. The van der Waals surface area contributed by atoms with Crippen molar-refractivity contribution in [1.29, 1.82) is 0 Å². The molecule has 1 N–H and O–H groups in total. The second-order valence-corrected chi connectivity index (χ2v) is 11.2. The zero-order valence-electron chi connectivity index (χ0n) is 22.6. The molecule has 43 heavy (non-hydrogen) atoms. The lowest BCUT2D eigenvalue weighted by atomic mass is 10.0. The summed E-state index contributed by atoms with van der Waals surface area (Å²) in [5.41, 5.74) is -0.602. The first-order valence-corrected chi connectivity index (χ1v) is 13.9. The van der Waals surface area contributed by atoms with E-state index >= 15 is 8.78 Å². The average Bonchev–Trinajstić information content (AvgIpc) is 3.51. The highest BCUT2D eigenvalue weighted by atomic mass is 32.1. The number of carboxylic acid groups (broad SMARTS) is 1. The zero-order valence-corrected chi connectivity index (χ0v) is 23.4. The number of pyridine rings is 1. The van der Waals surface area contributed by atoms with Crippen LogP contribution in [-0.4, -0.2) is 49.3 Å². The first kappa shape index (κ1) is 28.5. The molecular weight excluding hydrogens is 590 g/mol. The molecule has 0 spiro atoms. The Morgan fingerprint density at radius 1 is 1.09 bits per heavy atom. The summed E-state index contributed by atoms with van der Waals surface area (Å²) in [6.45, 7) is -0.0721. The van der Waals surface area contributed by atoms with Crippen LogP contribution in [0.1, 0.15) is 39.6 Å². The van der Waals surface area contributed by atoms with Gasteiger partial charge in [0.15, 0.2) is 5.01 Å². The largest absolute Gasteiger partial charge is 0.478 e. The first-order chi connectivity index (χ1) is 20.7. The van der Waals surface area contributed by atoms with E-state index in [1.165, 1.54) is 47.3 Å². The number of methoxy groups -OCH3 is 1. The van der Waals surface area contributed by atoms with Gasteiger partial charge in [-0.25, -0.2) is 32.3 Å². The van der Waals surface area contributed by atoms with Crippen molar-refractivity contribution in [1.82, 2.24) is 24.7 Å². The molecule has 222 valence electrons. The number of fused-ring (bicyclic) bond motifs is 1. The number of halogens is 4. The smallest absolute Gasteiger partial charge is 0.335 e. The number of carbonyl (C=O) groups is 1. The van der Waals surface area contributed by atoms with E-state index in [0.717, 1.165) is 12.1 Å². The number of aromatic carboxylic acids is 1. The molecule has 6 rings (SSSR count). The summed E-state index contributed by atoms with van der Waals surface area (Å²) in [4.78, 5) is 20.3. The second-order valence-electron chi connectivity index (χ2n) is 10.2. The lowest BCUT2D eigenvalue weighted by molar-refractivity contribution is 0.0514. The van der Waals surface area contributed by atoms with Gasteiger partial charge in [-0.1, -0.05) is 22.5 Å². The van der Waals surface area contributed by atoms with E-state index < -0.39 is 29.4 Å². The minimum Gasteiger partial charge on any atom is -0.478 e. The van der Waals surface area contributed by atoms with Crippen molar-refractivity contribution in [3.8, 4) is 22.3 Å². The van der Waals surface area contributed by atoms with E-state index in [1.54, 1.807) is 12.1 Å². The van der Waals surface area contributed by atoms with Crippen molar-refractivity contribution in [3.05, 3.63) is 82.1 Å². The second kappa shape index (κ2) is 11.2. The van der Waals surface area contributed by atoms with Crippen molar-refractivity contribution in [2.45, 2.75) is 38.8 Å². The molecule has 1 aliphatic carbocycles. The van der Waals surface area contributed by atoms with Crippen LogP contribution in [0.4, 0.5) is 17.6 Å². The first-order valence-electron chi connectivity index (χ1n) is 13.1. The number of hydrogen-bond acceptors (Lipinski definition) is 8. The third kappa shape index (κ3) is 5.74. The highest BCUT2D eigenvalue weighted by Crippen LogP contribution is 2.52. The number of hydrogen-bond donors (Lipinski definition) is 1. The highest BCUT2D eigenvalue weighted by Gasteiger charge is 2.51. The molecule has 1 fully saturated rings. The summed E-state index contributed by atoms with van der Waals surface area (Å²) in [5, 5.41) is 18.1. The summed E-state index contributed by atoms with van der Waals surface area (Å²) in [6, 6.07) is 10.9. The van der Waals surface area contributed by atoms with Crippen LogP contribution in [0.15, 0.2) is 48.5 Å². The average molecular weight is 614 g/mol. The molecule has 0 amide bonds. The fourth-order valence-electron chi connectivity index (χ4n) is 4.79. The van der Waals surface area contributed by atoms with E-state index in [0.29, 0.717) is 34.1 Å². The van der Waals surface area contributed by atoms with Gasteiger partial charge in [-0.3, -0.25) is 0 Å². The van der Waals surface area contributed by atoms with Gasteiger partial charge in [0.1, 0.15) is 24.1 Å². The van der Waals surface area contributed by atoms with Gasteiger partial charge in [0.05, 0.1) is 29.4 Å². The van der Waals surface area contributed by atoms with E-state index in [9.17, 15) is 18.7 Å². The van der Waals surface area contributed by atoms with Crippen LogP contribution in [0.3, 0.4) is 0 Å². The molecule has 1 aliphatic rings. The number of nitrogens with zero attached hydrogens (tertiary/aromatic N) is 5. The standard InChI is InChI=1S/C29H23F4N5O4S/c1-41-28-37-36-25(43-28)13-42-24-4-2-3-20(35-24)17-12-18(30)16(9-19(17)31)11-23-34-21-6-5-15(26(39)40)10-22(21)38(23)14-29(7-8-29)27(32)33/h2-6,9-10,12,27H,7-8,11,13-14H2,1H3,(H,39,40). The Bertz CT molecular complexity index is 1840. The van der Waals surface area contributed by atoms with Gasteiger partial charge in [-0.15, -0.1) is 5.10 Å². The van der Waals surface area contributed by atoms with Gasteiger partial charge >= 0.3 is 5.97 Å². The third-order valence-corrected chi connectivity index (χ3v) is 8.21. The molecule has 3 heterocycles. The Morgan fingerprint density at radius 3 is 2.60 bits per heavy atom. The number of aromatic nitrogens is 5. The molecule has 0 atom stereocenters. The number of benzene rings is 2. The molecule has 2 aromatic carbocycles. The van der Waals surface area contributed by atoms with Crippen molar-refractivity contribution in [2.75, 3.05) is 7.11 Å². The number of alkyl halides is 2. The molecule has 9 nitrogen and oxygen atoms in total. The van der Waals surface area contributed by atoms with E-state index in [-0.39, 0.29) is 53.7 Å². The summed E-state index contributed by atoms with van der Waals surface area (Å²) >= 11 is 1.19. The predicted octanol–water partition coefficient (Wildman–Crippen LogP) is 6.15. The molecule has 1 saturated carbocycles. The monoisotopic (exact) mass is 613 g/mol. The molecular formula is C29H23F4N5O4S. The van der Waals surface area contributed by atoms with Crippen LogP contribution >= 0.6 is 11.3 Å². The molecule has 0 bridgehead atoms. The van der Waals surface area contributed by atoms with Crippen molar-refractivity contribution in [2.24, 2.45) is 5.41 Å². The minimum atomic E-state index is -2.60. The van der Waals surface area contributed by atoms with Crippen molar-refractivity contribution < 1.29 is 36.9 Å². The van der Waals surface area contributed by atoms with Crippen LogP contribution in [0.2, 0.25) is 0 Å². The van der Waals surface area contributed by atoms with Gasteiger partial charge < -0.3 is 19.1 Å². The fraction of sp³-hybridized carbons (Fsp3) is 0.276. The Hall–Kier alpha value is -4.59. The number of carboxylic acids is 1. The normalized spacial score (nSPS) is 13.9. The summed E-state index contributed by atoms with van der Waals surface area (Å²) in [5.74, 6) is -2.30. The Kier molecular flexibility index (Phi) is 7.46. The van der Waals surface area contributed by atoms with E-state index in [1.807, 2.05) is 0 Å². The number of ether oxygens (including phenoxy) is 2. The fourth-order valence-corrected chi connectivity index (χ4v) is 5.35. The van der Waals surface area contributed by atoms with Gasteiger partial charge in [0, 0.05) is 30.0 Å². The predicted molar refractivity (Wildman–Crippen MR) is 148 cm³/mol. The van der Waals surface area contributed by atoms with Gasteiger partial charge in [0.25, 0.3) is 5.19 Å². The Balaban J connectivity index is 1.29.